The fourth-order valence-electron chi connectivity index (χ4n) is 10.1. The predicted molar refractivity (Wildman–Crippen MR) is 166 cm³/mol. The Labute approximate surface area is 267 Å². The summed E-state index contributed by atoms with van der Waals surface area (Å²) >= 11 is 0. The number of nitrogens with zero attached hydrogens (tertiary/aromatic N) is 1. The van der Waals surface area contributed by atoms with Gasteiger partial charge in [-0.15, -0.1) is 0 Å². The molecule has 0 aromatic heterocycles. The van der Waals surface area contributed by atoms with Gasteiger partial charge in [0.25, 0.3) is 0 Å². The molecular weight excluding hydrogens is 582 g/mol. The predicted octanol–water partition coefficient (Wildman–Crippen LogP) is 5.04. The lowest BCUT2D eigenvalue weighted by Crippen LogP contribution is -2.66. The topological polar surface area (TPSA) is 99.2 Å². The third-order valence-electron chi connectivity index (χ3n) is 11.6. The summed E-state index contributed by atoms with van der Waals surface area (Å²) in [4.78, 5) is 57.6. The highest BCUT2D eigenvalue weighted by molar-refractivity contribution is 6.14. The number of likely N-dealkylation sites (tertiary alicyclic amines) is 1. The van der Waals surface area contributed by atoms with E-state index in [0.717, 1.165) is 27.8 Å². The first-order valence-corrected chi connectivity index (χ1v) is 15.8. The maximum Gasteiger partial charge on any atom is 0.320 e. The van der Waals surface area contributed by atoms with E-state index in [1.54, 1.807) is 13.1 Å². The van der Waals surface area contributed by atoms with Crippen LogP contribution in [-0.2, 0) is 45.6 Å². The molecule has 1 unspecified atom stereocenters. The Bertz CT molecular complexity index is 1790. The van der Waals surface area contributed by atoms with Gasteiger partial charge in [-0.25, -0.2) is 0 Å². The van der Waals surface area contributed by atoms with Crippen molar-refractivity contribution in [3.63, 3.8) is 0 Å². The minimum Gasteiger partial charge on any atom is -0.468 e. The first kappa shape index (κ1) is 29.0. The lowest BCUT2D eigenvalue weighted by Gasteiger charge is -2.62. The third-order valence-corrected chi connectivity index (χ3v) is 11.6. The Morgan fingerprint density at radius 3 is 2.15 bits per heavy atom. The fraction of sp³-hybridized carbons (Fsp3) is 0.368. The first-order valence-electron chi connectivity index (χ1n) is 15.8. The number of rotatable bonds is 8. The smallest absolute Gasteiger partial charge is 0.320 e. The molecule has 2 amide bonds. The highest BCUT2D eigenvalue weighted by Crippen LogP contribution is 2.81. The van der Waals surface area contributed by atoms with Crippen molar-refractivity contribution >= 4 is 23.6 Å². The second-order valence-electron chi connectivity index (χ2n) is 13.5. The van der Waals surface area contributed by atoms with Gasteiger partial charge in [0.2, 0.25) is 11.8 Å². The molecule has 8 heteroatoms. The van der Waals surface area contributed by atoms with Gasteiger partial charge in [0.15, 0.2) is 5.78 Å². The molecule has 5 aliphatic carbocycles. The number of benzene rings is 3. The van der Waals surface area contributed by atoms with E-state index in [0.29, 0.717) is 13.0 Å². The molecule has 6 aliphatic rings. The van der Waals surface area contributed by atoms with Crippen molar-refractivity contribution in [1.29, 1.82) is 0 Å². The van der Waals surface area contributed by atoms with E-state index < -0.39 is 33.7 Å². The Morgan fingerprint density at radius 1 is 0.870 bits per heavy atom. The molecule has 1 heterocycles. The van der Waals surface area contributed by atoms with Crippen LogP contribution in [0.15, 0.2) is 91.0 Å². The van der Waals surface area contributed by atoms with Gasteiger partial charge in [0.05, 0.1) is 19.1 Å². The number of imide groups is 1. The third kappa shape index (κ3) is 3.31. The molecule has 234 valence electrons. The monoisotopic (exact) mass is 617 g/mol. The van der Waals surface area contributed by atoms with E-state index in [9.17, 15) is 19.2 Å². The number of amides is 2. The zero-order valence-electron chi connectivity index (χ0n) is 25.9. The van der Waals surface area contributed by atoms with E-state index in [1.165, 1.54) is 18.1 Å². The quantitative estimate of drug-likeness (QED) is 0.115. The number of hydrogen-bond acceptors (Lipinski definition) is 7. The Kier molecular flexibility index (Phi) is 6.34. The first-order chi connectivity index (χ1) is 22.3. The van der Waals surface area contributed by atoms with Crippen molar-refractivity contribution in [2.45, 2.75) is 43.8 Å². The molecule has 46 heavy (non-hydrogen) atoms. The van der Waals surface area contributed by atoms with Crippen molar-refractivity contribution in [2.24, 2.45) is 22.2 Å². The van der Waals surface area contributed by atoms with Crippen LogP contribution in [0.3, 0.4) is 0 Å². The standard InChI is InChI=1S/C38H35NO7/c1-39-32(41)36-20-25(19-35(34(43)44-2)18-10-17-30(35)40)21-37(36,33(39)42)38(46-23-45-22-24-11-4-3-5-12-24)28-15-8-6-13-26(28)31(36)27-14-7-9-16-29(27)38/h3-17,25,31H,18-23H2,1-2H3/t25-,31?,35?,36+,37-,38?/m0/s1. The second-order valence-corrected chi connectivity index (χ2v) is 13.5. The van der Waals surface area contributed by atoms with Crippen molar-refractivity contribution in [2.75, 3.05) is 21.0 Å². The number of ketones is 1. The van der Waals surface area contributed by atoms with E-state index in [1.807, 2.05) is 78.9 Å². The summed E-state index contributed by atoms with van der Waals surface area (Å²) in [6, 6.07) is 25.7. The summed E-state index contributed by atoms with van der Waals surface area (Å²) < 4.78 is 18.4. The lowest BCUT2D eigenvalue weighted by molar-refractivity contribution is -0.217. The molecule has 1 saturated carbocycles. The molecule has 0 N–H and O–H groups in total. The van der Waals surface area contributed by atoms with Gasteiger partial charge in [0, 0.05) is 13.0 Å². The van der Waals surface area contributed by atoms with E-state index >= 15 is 0 Å². The minimum absolute atomic E-state index is 0.121. The van der Waals surface area contributed by atoms with Gasteiger partial charge in [-0.3, -0.25) is 24.1 Å². The van der Waals surface area contributed by atoms with Crippen molar-refractivity contribution in [3.05, 3.63) is 119 Å². The largest absolute Gasteiger partial charge is 0.468 e. The van der Waals surface area contributed by atoms with Gasteiger partial charge in [-0.2, -0.15) is 0 Å². The molecule has 0 radical (unpaired) electrons. The highest BCUT2D eigenvalue weighted by Gasteiger charge is 2.87. The Hall–Kier alpha value is -4.40. The molecule has 0 spiro atoms. The molecular formula is C38H35NO7. The summed E-state index contributed by atoms with van der Waals surface area (Å²) in [5.74, 6) is -2.13. The van der Waals surface area contributed by atoms with Gasteiger partial charge in [-0.1, -0.05) is 84.9 Å². The van der Waals surface area contributed by atoms with Gasteiger partial charge >= 0.3 is 5.97 Å². The average Bonchev–Trinajstić information content (AvgIpc) is 3.69. The molecule has 2 fully saturated rings. The number of allylic oxidation sites excluding steroid dienone is 2. The van der Waals surface area contributed by atoms with Crippen LogP contribution in [0, 0.1) is 22.2 Å². The summed E-state index contributed by atoms with van der Waals surface area (Å²) in [5.41, 5.74) is -0.625. The molecule has 3 aromatic carbocycles. The summed E-state index contributed by atoms with van der Waals surface area (Å²) in [6.45, 7) is 0.192. The maximum absolute atomic E-state index is 14.9. The SMILES string of the molecule is COC(=O)C1(C[C@H]2C[C@@]34C(=O)N(C)C(=O)[C@]3(C2)C2(OCOCc3ccccc3)c3ccccc3C4c3ccccc32)CC=CC1=O. The number of hydrogen-bond donors (Lipinski definition) is 0. The van der Waals surface area contributed by atoms with Crippen molar-refractivity contribution < 1.29 is 33.4 Å². The molecule has 4 atom stereocenters. The number of carbonyl (C=O) groups excluding carboxylic acids is 4. The van der Waals surface area contributed by atoms with Crippen LogP contribution in [0.4, 0.5) is 0 Å². The Balaban J connectivity index is 1.31. The van der Waals surface area contributed by atoms with Crippen molar-refractivity contribution in [3.8, 4) is 0 Å². The van der Waals surface area contributed by atoms with E-state index in [2.05, 4.69) is 0 Å². The Morgan fingerprint density at radius 2 is 1.52 bits per heavy atom. The minimum atomic E-state index is -1.38. The summed E-state index contributed by atoms with van der Waals surface area (Å²) in [6.07, 6.45) is 4.18. The van der Waals surface area contributed by atoms with Gasteiger partial charge < -0.3 is 14.2 Å². The van der Waals surface area contributed by atoms with Gasteiger partial charge in [0.1, 0.15) is 23.2 Å². The van der Waals surface area contributed by atoms with E-state index in [-0.39, 0.29) is 49.6 Å². The number of ether oxygens (including phenoxy) is 3. The molecule has 3 aromatic rings. The van der Waals surface area contributed by atoms with Crippen LogP contribution >= 0.6 is 0 Å². The van der Waals surface area contributed by atoms with Crippen LogP contribution in [0.2, 0.25) is 0 Å². The number of carbonyl (C=O) groups is 4. The molecule has 2 bridgehead atoms. The van der Waals surface area contributed by atoms with Crippen LogP contribution in [0.5, 0.6) is 0 Å². The number of esters is 1. The maximum atomic E-state index is 14.9. The van der Waals surface area contributed by atoms with Crippen LogP contribution < -0.4 is 0 Å². The second kappa shape index (κ2) is 10.0. The molecule has 1 saturated heterocycles. The van der Waals surface area contributed by atoms with Crippen LogP contribution in [-0.4, -0.2) is 49.4 Å². The van der Waals surface area contributed by atoms with Crippen molar-refractivity contribution in [1.82, 2.24) is 4.90 Å². The van der Waals surface area contributed by atoms with Crippen LogP contribution in [0.25, 0.3) is 0 Å². The molecule has 1 aliphatic heterocycles. The summed E-state index contributed by atoms with van der Waals surface area (Å²) in [5, 5.41) is 0. The van der Waals surface area contributed by atoms with Crippen LogP contribution in [0.1, 0.15) is 59.4 Å². The summed E-state index contributed by atoms with van der Waals surface area (Å²) in [7, 11) is 2.87. The zero-order valence-corrected chi connectivity index (χ0v) is 25.9. The molecule has 9 rings (SSSR count). The highest BCUT2D eigenvalue weighted by atomic mass is 16.7. The average molecular weight is 618 g/mol. The van der Waals surface area contributed by atoms with E-state index in [4.69, 9.17) is 14.2 Å². The normalized spacial score (nSPS) is 33.2. The zero-order chi connectivity index (χ0) is 31.9. The number of methoxy groups -OCH3 is 1. The molecule has 8 nitrogen and oxygen atoms in total. The fourth-order valence-corrected chi connectivity index (χ4v) is 10.1. The lowest BCUT2D eigenvalue weighted by atomic mass is 9.40. The van der Waals surface area contributed by atoms with Gasteiger partial charge in [-0.05, 0) is 65.5 Å².